The van der Waals surface area contributed by atoms with Gasteiger partial charge in [-0.05, 0) is 19.1 Å². The van der Waals surface area contributed by atoms with Gasteiger partial charge >= 0.3 is 0 Å². The number of allylic oxidation sites excluding steroid dienone is 1. The molecule has 0 amide bonds. The summed E-state index contributed by atoms with van der Waals surface area (Å²) in [5.41, 5.74) is 1.02. The molecule has 66 valence electrons. The van der Waals surface area contributed by atoms with Gasteiger partial charge in [0.1, 0.15) is 5.75 Å². The monoisotopic (exact) mass is 184 g/mol. The molecule has 0 atom stereocenters. The van der Waals surface area contributed by atoms with Gasteiger partial charge in [-0.25, -0.2) is 0 Å². The Morgan fingerprint density at radius 3 is 2.00 bits per heavy atom. The van der Waals surface area contributed by atoms with Crippen molar-refractivity contribution in [3.8, 4) is 5.75 Å². The van der Waals surface area contributed by atoms with Crippen molar-refractivity contribution in [2.24, 2.45) is 0 Å². The Bertz CT molecular complexity index is 219. The minimum absolute atomic E-state index is 0.322. The number of phenolic OH excluding ortho intramolecular Hbond substituents is 1. The smallest absolute Gasteiger partial charge is 0.115 e. The maximum atomic E-state index is 8.63. The van der Waals surface area contributed by atoms with Crippen LogP contribution in [0.1, 0.15) is 6.92 Å². The lowest BCUT2D eigenvalue weighted by atomic mass is 10.3. The first-order chi connectivity index (χ1) is 5.66. The number of para-hydroxylation sites is 1. The Labute approximate surface area is 78.3 Å². The van der Waals surface area contributed by atoms with Crippen LogP contribution >= 0.6 is 11.6 Å². The second-order valence-electron chi connectivity index (χ2n) is 2.43. The fraction of sp³-hybridized carbons (Fsp3) is 0.200. The molecule has 0 heterocycles. The van der Waals surface area contributed by atoms with E-state index in [0.29, 0.717) is 11.6 Å². The molecule has 1 aromatic rings. The minimum Gasteiger partial charge on any atom is -0.508 e. The summed E-state index contributed by atoms with van der Waals surface area (Å²) in [6, 6.07) is 8.71. The molecule has 0 saturated carbocycles. The fourth-order valence-electron chi connectivity index (χ4n) is 0.428. The second kappa shape index (κ2) is 6.74. The summed E-state index contributed by atoms with van der Waals surface area (Å²) in [5.74, 6) is 0.905. The molecule has 0 spiro atoms. The Hall–Kier alpha value is -0.950. The van der Waals surface area contributed by atoms with Gasteiger partial charge in [0, 0.05) is 5.88 Å². The second-order valence-corrected chi connectivity index (χ2v) is 2.69. The summed E-state index contributed by atoms with van der Waals surface area (Å²) in [4.78, 5) is 0. The van der Waals surface area contributed by atoms with Crippen molar-refractivity contribution in [2.75, 3.05) is 5.88 Å². The molecule has 0 aliphatic rings. The first-order valence-corrected chi connectivity index (χ1v) is 4.14. The lowest BCUT2D eigenvalue weighted by Gasteiger charge is -1.82. The van der Waals surface area contributed by atoms with E-state index >= 15 is 0 Å². The van der Waals surface area contributed by atoms with Gasteiger partial charge < -0.3 is 5.11 Å². The van der Waals surface area contributed by atoms with E-state index in [1.807, 2.05) is 13.0 Å². The van der Waals surface area contributed by atoms with Crippen LogP contribution in [-0.4, -0.2) is 11.0 Å². The highest BCUT2D eigenvalue weighted by molar-refractivity contribution is 6.19. The van der Waals surface area contributed by atoms with Crippen LogP contribution < -0.4 is 0 Å². The maximum absolute atomic E-state index is 8.63. The van der Waals surface area contributed by atoms with Gasteiger partial charge in [-0.3, -0.25) is 0 Å². The summed E-state index contributed by atoms with van der Waals surface area (Å²) in [5, 5.41) is 8.63. The highest BCUT2D eigenvalue weighted by Gasteiger charge is 1.74. The molecule has 0 aliphatic heterocycles. The van der Waals surface area contributed by atoms with Gasteiger partial charge in [-0.2, -0.15) is 0 Å². The van der Waals surface area contributed by atoms with Crippen LogP contribution in [0.2, 0.25) is 0 Å². The van der Waals surface area contributed by atoms with Crippen LogP contribution in [0.5, 0.6) is 5.75 Å². The summed E-state index contributed by atoms with van der Waals surface area (Å²) in [6.07, 6.45) is 0. The van der Waals surface area contributed by atoms with Crippen molar-refractivity contribution in [3.63, 3.8) is 0 Å². The zero-order valence-electron chi connectivity index (χ0n) is 7.13. The number of halogens is 1. The van der Waals surface area contributed by atoms with Gasteiger partial charge in [0.25, 0.3) is 0 Å². The van der Waals surface area contributed by atoms with E-state index in [1.54, 1.807) is 24.3 Å². The number of alkyl halides is 1. The number of hydrogen-bond acceptors (Lipinski definition) is 1. The van der Waals surface area contributed by atoms with Gasteiger partial charge in [0.15, 0.2) is 0 Å². The zero-order valence-corrected chi connectivity index (χ0v) is 7.88. The molecule has 0 radical (unpaired) electrons. The standard InChI is InChI=1S/C6H6O.C4H7Cl/c7-6-4-2-1-3-5-6;1-4(2)3-5/h1-5,7H;1,3H2,2H3. The molecule has 0 saturated heterocycles. The number of aromatic hydroxyl groups is 1. The maximum Gasteiger partial charge on any atom is 0.115 e. The molecular weight excluding hydrogens is 172 g/mol. The van der Waals surface area contributed by atoms with E-state index in [-0.39, 0.29) is 0 Å². The molecule has 1 N–H and O–H groups in total. The highest BCUT2D eigenvalue weighted by atomic mass is 35.5. The number of phenols is 1. The summed E-state index contributed by atoms with van der Waals surface area (Å²) in [6.45, 7) is 5.44. The molecule has 0 unspecified atom stereocenters. The Balaban J connectivity index is 0.000000217. The number of rotatable bonds is 1. The van der Waals surface area contributed by atoms with Crippen LogP contribution in [0.4, 0.5) is 0 Å². The molecule has 2 heteroatoms. The van der Waals surface area contributed by atoms with E-state index in [1.165, 1.54) is 0 Å². The average molecular weight is 185 g/mol. The fourth-order valence-corrected chi connectivity index (χ4v) is 0.428. The van der Waals surface area contributed by atoms with Gasteiger partial charge in [-0.1, -0.05) is 30.4 Å². The molecule has 12 heavy (non-hydrogen) atoms. The summed E-state index contributed by atoms with van der Waals surface area (Å²) in [7, 11) is 0. The molecule has 0 aromatic heterocycles. The number of benzene rings is 1. The van der Waals surface area contributed by atoms with E-state index in [4.69, 9.17) is 16.7 Å². The third-order valence-electron chi connectivity index (χ3n) is 0.984. The predicted octanol–water partition coefficient (Wildman–Crippen LogP) is 3.19. The van der Waals surface area contributed by atoms with Crippen molar-refractivity contribution in [2.45, 2.75) is 6.92 Å². The van der Waals surface area contributed by atoms with Crippen molar-refractivity contribution < 1.29 is 5.11 Å². The lowest BCUT2D eigenvalue weighted by molar-refractivity contribution is 0.475. The molecule has 1 rings (SSSR count). The van der Waals surface area contributed by atoms with E-state index in [9.17, 15) is 0 Å². The van der Waals surface area contributed by atoms with Crippen molar-refractivity contribution in [1.29, 1.82) is 0 Å². The topological polar surface area (TPSA) is 20.2 Å². The van der Waals surface area contributed by atoms with Crippen molar-refractivity contribution in [1.82, 2.24) is 0 Å². The predicted molar refractivity (Wildman–Crippen MR) is 53.6 cm³/mol. The van der Waals surface area contributed by atoms with E-state index in [0.717, 1.165) is 5.57 Å². The van der Waals surface area contributed by atoms with Gasteiger partial charge in [0.2, 0.25) is 0 Å². The SMILES string of the molecule is C=C(C)CCl.Oc1ccccc1. The quantitative estimate of drug-likeness (QED) is 0.525. The van der Waals surface area contributed by atoms with Crippen LogP contribution in [0.25, 0.3) is 0 Å². The molecule has 0 fully saturated rings. The first-order valence-electron chi connectivity index (χ1n) is 3.61. The van der Waals surface area contributed by atoms with E-state index < -0.39 is 0 Å². The highest BCUT2D eigenvalue weighted by Crippen LogP contribution is 2.02. The zero-order chi connectivity index (χ0) is 9.40. The summed E-state index contributed by atoms with van der Waals surface area (Å²) < 4.78 is 0. The lowest BCUT2D eigenvalue weighted by Crippen LogP contribution is -1.65. The average Bonchev–Trinajstić information content (AvgIpc) is 2.07. The van der Waals surface area contributed by atoms with Crippen molar-refractivity contribution >= 4 is 11.6 Å². The number of hydrogen-bond donors (Lipinski definition) is 1. The van der Waals surface area contributed by atoms with Crippen LogP contribution in [0.15, 0.2) is 42.5 Å². The first kappa shape index (κ1) is 11.1. The Morgan fingerprint density at radius 2 is 1.83 bits per heavy atom. The molecular formula is C10H13ClO. The largest absolute Gasteiger partial charge is 0.508 e. The van der Waals surface area contributed by atoms with Crippen molar-refractivity contribution in [3.05, 3.63) is 42.5 Å². The minimum atomic E-state index is 0.322. The van der Waals surface area contributed by atoms with Gasteiger partial charge in [0.05, 0.1) is 0 Å². The molecule has 0 aliphatic carbocycles. The normalized spacial score (nSPS) is 8.17. The van der Waals surface area contributed by atoms with Crippen LogP contribution in [-0.2, 0) is 0 Å². The third-order valence-corrected chi connectivity index (χ3v) is 1.44. The molecule has 1 nitrogen and oxygen atoms in total. The Kier molecular flexibility index (Phi) is 6.21. The van der Waals surface area contributed by atoms with Crippen LogP contribution in [0.3, 0.4) is 0 Å². The van der Waals surface area contributed by atoms with Crippen LogP contribution in [0, 0.1) is 0 Å². The molecule has 1 aromatic carbocycles. The third kappa shape index (κ3) is 7.16. The summed E-state index contributed by atoms with van der Waals surface area (Å²) >= 11 is 5.24. The molecule has 0 bridgehead atoms. The Morgan fingerprint density at radius 1 is 1.42 bits per heavy atom. The van der Waals surface area contributed by atoms with Gasteiger partial charge in [-0.15, -0.1) is 11.6 Å². The van der Waals surface area contributed by atoms with E-state index in [2.05, 4.69) is 6.58 Å².